The summed E-state index contributed by atoms with van der Waals surface area (Å²) in [5, 5.41) is 11.4. The third-order valence-corrected chi connectivity index (χ3v) is 5.58. The normalized spacial score (nSPS) is 12.7. The van der Waals surface area contributed by atoms with Crippen molar-refractivity contribution in [2.45, 2.75) is 18.4 Å². The van der Waals surface area contributed by atoms with E-state index in [0.29, 0.717) is 6.07 Å². The Morgan fingerprint density at radius 3 is 1.66 bits per heavy atom. The van der Waals surface area contributed by atoms with E-state index in [9.17, 15) is 37.5 Å². The molecule has 198 valence electrons. The molecule has 0 aliphatic heterocycles. The Labute approximate surface area is 222 Å². The average Bonchev–Trinajstić information content (AvgIpc) is 2.85. The zero-order valence-electron chi connectivity index (χ0n) is 18.9. The number of anilines is 1. The van der Waals surface area contributed by atoms with Crippen molar-refractivity contribution in [3.05, 3.63) is 99.5 Å². The predicted molar refractivity (Wildman–Crippen MR) is 129 cm³/mol. The number of carboxylic acids is 1. The molecule has 0 heterocycles. The van der Waals surface area contributed by atoms with Crippen molar-refractivity contribution in [1.29, 1.82) is 0 Å². The average molecular weight is 570 g/mol. The van der Waals surface area contributed by atoms with E-state index >= 15 is 0 Å². The smallest absolute Gasteiger partial charge is 0.418 e. The number of esters is 2. The highest BCUT2D eigenvalue weighted by molar-refractivity contribution is 6.34. The molecule has 2 atom stereocenters. The summed E-state index contributed by atoms with van der Waals surface area (Å²) in [6.07, 6.45) is -9.84. The van der Waals surface area contributed by atoms with Crippen LogP contribution in [0.1, 0.15) is 26.3 Å². The maximum atomic E-state index is 13.4. The molecule has 3 aromatic rings. The standard InChI is InChI=1S/C25H16Cl2F3NO7/c26-16-10-4-1-7-13(16)23(35)37-19(21(32)31-18-12-6-3-9-15(18)25(28,29)30)20(22(33)34)38-24(36)14-8-2-5-11-17(14)27/h1-12,19-20H,(H,31,32)(H,33,34)/t19-,20-/m1/s1. The Morgan fingerprint density at radius 2 is 1.18 bits per heavy atom. The lowest BCUT2D eigenvalue weighted by molar-refractivity contribution is -0.157. The van der Waals surface area contributed by atoms with Gasteiger partial charge in [0.25, 0.3) is 5.91 Å². The highest BCUT2D eigenvalue weighted by atomic mass is 35.5. The fraction of sp³-hybridized carbons (Fsp3) is 0.120. The van der Waals surface area contributed by atoms with Crippen LogP contribution in [0.4, 0.5) is 18.9 Å². The number of hydrogen-bond donors (Lipinski definition) is 2. The number of benzene rings is 3. The molecule has 0 unspecified atom stereocenters. The third-order valence-electron chi connectivity index (χ3n) is 4.92. The molecule has 1 amide bonds. The molecular weight excluding hydrogens is 554 g/mol. The van der Waals surface area contributed by atoms with Crippen molar-refractivity contribution in [3.63, 3.8) is 0 Å². The molecule has 38 heavy (non-hydrogen) atoms. The van der Waals surface area contributed by atoms with E-state index in [-0.39, 0.29) is 21.2 Å². The van der Waals surface area contributed by atoms with Crippen molar-refractivity contribution in [2.24, 2.45) is 0 Å². The quantitative estimate of drug-likeness (QED) is 0.344. The zero-order valence-corrected chi connectivity index (χ0v) is 20.4. The lowest BCUT2D eigenvalue weighted by atomic mass is 10.1. The van der Waals surface area contributed by atoms with E-state index in [1.807, 2.05) is 5.32 Å². The van der Waals surface area contributed by atoms with Crippen LogP contribution in [0.3, 0.4) is 0 Å². The van der Waals surface area contributed by atoms with Gasteiger partial charge in [-0.05, 0) is 36.4 Å². The van der Waals surface area contributed by atoms with Crippen LogP contribution in [0, 0.1) is 0 Å². The molecule has 0 saturated carbocycles. The van der Waals surface area contributed by atoms with E-state index in [2.05, 4.69) is 0 Å². The summed E-state index contributed by atoms with van der Waals surface area (Å²) in [4.78, 5) is 50.6. The largest absolute Gasteiger partial charge is 0.478 e. The lowest BCUT2D eigenvalue weighted by Gasteiger charge is -2.24. The molecule has 3 rings (SSSR count). The first kappa shape index (κ1) is 28.5. The number of carbonyl (C=O) groups excluding carboxylic acids is 3. The predicted octanol–water partition coefficient (Wildman–Crippen LogP) is 5.49. The number of para-hydroxylation sites is 1. The van der Waals surface area contributed by atoms with Gasteiger partial charge in [-0.1, -0.05) is 59.6 Å². The third kappa shape index (κ3) is 6.81. The summed E-state index contributed by atoms with van der Waals surface area (Å²) in [5.74, 6) is -6.08. The van der Waals surface area contributed by atoms with Crippen LogP contribution >= 0.6 is 23.2 Å². The zero-order chi connectivity index (χ0) is 28.0. The molecule has 0 fully saturated rings. The second kappa shape index (κ2) is 12.0. The fourth-order valence-electron chi connectivity index (χ4n) is 3.15. The number of amides is 1. The molecule has 0 aliphatic rings. The van der Waals surface area contributed by atoms with Gasteiger partial charge in [-0.3, -0.25) is 4.79 Å². The van der Waals surface area contributed by atoms with E-state index < -0.39 is 53.5 Å². The number of alkyl halides is 3. The van der Waals surface area contributed by atoms with Gasteiger partial charge in [0, 0.05) is 0 Å². The summed E-state index contributed by atoms with van der Waals surface area (Å²) >= 11 is 11.9. The molecule has 0 spiro atoms. The molecule has 0 radical (unpaired) electrons. The van der Waals surface area contributed by atoms with Crippen molar-refractivity contribution in [2.75, 3.05) is 5.32 Å². The van der Waals surface area contributed by atoms with Gasteiger partial charge >= 0.3 is 24.1 Å². The van der Waals surface area contributed by atoms with Crippen molar-refractivity contribution < 1.29 is 46.9 Å². The number of hydrogen-bond acceptors (Lipinski definition) is 6. The monoisotopic (exact) mass is 569 g/mol. The van der Waals surface area contributed by atoms with Crippen LogP contribution in [-0.4, -0.2) is 41.1 Å². The highest BCUT2D eigenvalue weighted by Crippen LogP contribution is 2.35. The van der Waals surface area contributed by atoms with E-state index in [1.165, 1.54) is 54.6 Å². The summed E-state index contributed by atoms with van der Waals surface area (Å²) in [6.45, 7) is 0. The van der Waals surface area contributed by atoms with Gasteiger partial charge in [-0.2, -0.15) is 13.2 Å². The molecule has 0 saturated heterocycles. The first-order chi connectivity index (χ1) is 17.9. The van der Waals surface area contributed by atoms with Crippen LogP contribution in [0.25, 0.3) is 0 Å². The second-order valence-corrected chi connectivity index (χ2v) is 8.30. The number of ether oxygens (including phenoxy) is 2. The summed E-state index contributed by atoms with van der Waals surface area (Å²) in [7, 11) is 0. The molecule has 8 nitrogen and oxygen atoms in total. The summed E-state index contributed by atoms with van der Waals surface area (Å²) in [5.41, 5.74) is -2.58. The van der Waals surface area contributed by atoms with Gasteiger partial charge in [-0.15, -0.1) is 0 Å². The van der Waals surface area contributed by atoms with Crippen LogP contribution < -0.4 is 5.32 Å². The topological polar surface area (TPSA) is 119 Å². The maximum absolute atomic E-state index is 13.4. The number of carbonyl (C=O) groups is 4. The lowest BCUT2D eigenvalue weighted by Crippen LogP contribution is -2.48. The molecular formula is C25H16Cl2F3NO7. The van der Waals surface area contributed by atoms with Crippen LogP contribution in [-0.2, 0) is 25.2 Å². The van der Waals surface area contributed by atoms with Crippen molar-refractivity contribution in [1.82, 2.24) is 0 Å². The summed E-state index contributed by atoms with van der Waals surface area (Å²) < 4.78 is 50.3. The second-order valence-electron chi connectivity index (χ2n) is 7.48. The molecule has 0 aliphatic carbocycles. The number of rotatable bonds is 8. The van der Waals surface area contributed by atoms with Crippen LogP contribution in [0.5, 0.6) is 0 Å². The molecule has 13 heteroatoms. The molecule has 2 N–H and O–H groups in total. The number of nitrogens with one attached hydrogen (secondary N) is 1. The van der Waals surface area contributed by atoms with E-state index in [4.69, 9.17) is 32.7 Å². The van der Waals surface area contributed by atoms with Gasteiger partial charge in [-0.25, -0.2) is 14.4 Å². The molecule has 0 bridgehead atoms. The van der Waals surface area contributed by atoms with E-state index in [0.717, 1.165) is 12.1 Å². The molecule has 3 aromatic carbocycles. The minimum atomic E-state index is -4.89. The van der Waals surface area contributed by atoms with Gasteiger partial charge in [0.15, 0.2) is 0 Å². The van der Waals surface area contributed by atoms with Crippen LogP contribution in [0.2, 0.25) is 10.0 Å². The van der Waals surface area contributed by atoms with Gasteiger partial charge in [0.1, 0.15) is 0 Å². The minimum absolute atomic E-state index is 0.116. The Kier molecular flexibility index (Phi) is 8.97. The highest BCUT2D eigenvalue weighted by Gasteiger charge is 2.42. The van der Waals surface area contributed by atoms with Gasteiger partial charge in [0.05, 0.1) is 32.4 Å². The number of carboxylic acid groups (broad SMARTS) is 1. The summed E-state index contributed by atoms with van der Waals surface area (Å²) in [6, 6.07) is 14.6. The SMILES string of the molecule is O=C(O[C@@H](C(=O)O)[C@@H](OC(=O)c1ccccc1Cl)C(=O)Nc1ccccc1C(F)(F)F)c1ccccc1Cl. The van der Waals surface area contributed by atoms with Crippen LogP contribution in [0.15, 0.2) is 72.8 Å². The maximum Gasteiger partial charge on any atom is 0.418 e. The Hall–Kier alpha value is -4.09. The van der Waals surface area contributed by atoms with Gasteiger partial charge in [0.2, 0.25) is 12.2 Å². The van der Waals surface area contributed by atoms with Gasteiger partial charge < -0.3 is 19.9 Å². The molecule has 0 aromatic heterocycles. The fourth-order valence-corrected chi connectivity index (χ4v) is 3.57. The Balaban J connectivity index is 2.00. The Bertz CT molecular complexity index is 1380. The number of aliphatic carboxylic acids is 1. The minimum Gasteiger partial charge on any atom is -0.478 e. The Morgan fingerprint density at radius 1 is 0.737 bits per heavy atom. The van der Waals surface area contributed by atoms with Crippen molar-refractivity contribution in [3.8, 4) is 0 Å². The van der Waals surface area contributed by atoms with E-state index in [1.54, 1.807) is 0 Å². The first-order valence-electron chi connectivity index (χ1n) is 10.5. The number of halogens is 5. The first-order valence-corrected chi connectivity index (χ1v) is 11.3. The van der Waals surface area contributed by atoms with Crippen molar-refractivity contribution >= 4 is 52.7 Å².